The van der Waals surface area contributed by atoms with E-state index in [2.05, 4.69) is 10.3 Å². The average Bonchev–Trinajstić information content (AvgIpc) is 3.17. The molecule has 0 saturated carbocycles. The van der Waals surface area contributed by atoms with Crippen LogP contribution in [0.2, 0.25) is 0 Å². The SMILES string of the molecule is Cc1ccn2c(F)c(C(=O)N[C@@H]3CO[C@H]4[C@@H]3OC[C@H]4O)nc2c1. The van der Waals surface area contributed by atoms with Crippen molar-refractivity contribution in [3.05, 3.63) is 35.5 Å². The third-order valence-electron chi connectivity index (χ3n) is 4.28. The monoisotopic (exact) mass is 321 g/mol. The van der Waals surface area contributed by atoms with E-state index in [0.717, 1.165) is 5.56 Å². The zero-order valence-corrected chi connectivity index (χ0v) is 12.4. The summed E-state index contributed by atoms with van der Waals surface area (Å²) in [7, 11) is 0. The zero-order chi connectivity index (χ0) is 16.1. The normalized spacial score (nSPS) is 29.9. The van der Waals surface area contributed by atoms with Gasteiger partial charge in [0, 0.05) is 6.20 Å². The zero-order valence-electron chi connectivity index (χ0n) is 12.4. The highest BCUT2D eigenvalue weighted by Crippen LogP contribution is 2.27. The van der Waals surface area contributed by atoms with Crippen LogP contribution in [0.15, 0.2) is 18.3 Å². The number of carbonyl (C=O) groups is 1. The summed E-state index contributed by atoms with van der Waals surface area (Å²) in [5.41, 5.74) is 1.04. The number of rotatable bonds is 2. The molecule has 4 rings (SSSR count). The summed E-state index contributed by atoms with van der Waals surface area (Å²) in [5.74, 6) is -1.33. The van der Waals surface area contributed by atoms with Crippen molar-refractivity contribution >= 4 is 11.6 Å². The van der Waals surface area contributed by atoms with Crippen molar-refractivity contribution in [2.24, 2.45) is 0 Å². The Morgan fingerprint density at radius 1 is 1.43 bits per heavy atom. The van der Waals surface area contributed by atoms with Crippen LogP contribution in [0.1, 0.15) is 16.1 Å². The minimum atomic E-state index is -0.708. The molecule has 2 N–H and O–H groups in total. The Bertz CT molecular complexity index is 777. The van der Waals surface area contributed by atoms with Crippen molar-refractivity contribution in [1.82, 2.24) is 14.7 Å². The Morgan fingerprint density at radius 3 is 3.04 bits per heavy atom. The van der Waals surface area contributed by atoms with E-state index in [1.54, 1.807) is 12.1 Å². The second-order valence-electron chi connectivity index (χ2n) is 5.93. The van der Waals surface area contributed by atoms with E-state index in [4.69, 9.17) is 9.47 Å². The maximum absolute atomic E-state index is 14.4. The Balaban J connectivity index is 1.57. The number of aromatic nitrogens is 2. The van der Waals surface area contributed by atoms with Crippen molar-refractivity contribution in [2.75, 3.05) is 13.2 Å². The molecule has 2 aromatic heterocycles. The molecular formula is C15H16FN3O4. The predicted molar refractivity (Wildman–Crippen MR) is 76.6 cm³/mol. The largest absolute Gasteiger partial charge is 0.388 e. The first-order valence-electron chi connectivity index (χ1n) is 7.41. The van der Waals surface area contributed by atoms with Crippen LogP contribution in [0.3, 0.4) is 0 Å². The van der Waals surface area contributed by atoms with Gasteiger partial charge in [0.25, 0.3) is 5.91 Å². The summed E-state index contributed by atoms with van der Waals surface area (Å²) in [4.78, 5) is 16.4. The molecule has 4 atom stereocenters. The molecule has 2 aliphatic heterocycles. The number of ether oxygens (including phenoxy) is 2. The molecule has 8 heteroatoms. The summed E-state index contributed by atoms with van der Waals surface area (Å²) < 4.78 is 26.4. The number of hydrogen-bond acceptors (Lipinski definition) is 5. The minimum absolute atomic E-state index is 0.170. The van der Waals surface area contributed by atoms with E-state index in [1.807, 2.05) is 6.92 Å². The number of fused-ring (bicyclic) bond motifs is 2. The number of imidazole rings is 1. The number of pyridine rings is 1. The predicted octanol–water partition coefficient (Wildman–Crippen LogP) is 0.0387. The van der Waals surface area contributed by atoms with Gasteiger partial charge in [-0.1, -0.05) is 0 Å². The first-order chi connectivity index (χ1) is 11.0. The highest BCUT2D eigenvalue weighted by atomic mass is 19.1. The van der Waals surface area contributed by atoms with Crippen LogP contribution in [0.5, 0.6) is 0 Å². The van der Waals surface area contributed by atoms with Gasteiger partial charge in [-0.3, -0.25) is 9.20 Å². The maximum atomic E-state index is 14.4. The number of hydrogen-bond donors (Lipinski definition) is 2. The van der Waals surface area contributed by atoms with Gasteiger partial charge < -0.3 is 19.9 Å². The molecule has 0 aliphatic carbocycles. The number of aliphatic hydroxyl groups is 1. The van der Waals surface area contributed by atoms with Gasteiger partial charge in [0.15, 0.2) is 5.69 Å². The fourth-order valence-electron chi connectivity index (χ4n) is 3.10. The van der Waals surface area contributed by atoms with E-state index in [-0.39, 0.29) is 18.9 Å². The molecule has 0 unspecified atom stereocenters. The van der Waals surface area contributed by atoms with Crippen LogP contribution < -0.4 is 5.32 Å². The summed E-state index contributed by atoms with van der Waals surface area (Å²) in [5, 5.41) is 12.4. The molecule has 2 fully saturated rings. The molecule has 0 spiro atoms. The fourth-order valence-corrected chi connectivity index (χ4v) is 3.10. The lowest BCUT2D eigenvalue weighted by atomic mass is 10.1. The lowest BCUT2D eigenvalue weighted by molar-refractivity contribution is 0.0178. The van der Waals surface area contributed by atoms with E-state index in [9.17, 15) is 14.3 Å². The average molecular weight is 321 g/mol. The van der Waals surface area contributed by atoms with Crippen LogP contribution >= 0.6 is 0 Å². The van der Waals surface area contributed by atoms with Crippen LogP contribution in [-0.4, -0.2) is 58.0 Å². The number of aryl methyl sites for hydroxylation is 1. The minimum Gasteiger partial charge on any atom is -0.388 e. The summed E-state index contributed by atoms with van der Waals surface area (Å²) in [6.45, 7) is 2.25. The van der Waals surface area contributed by atoms with Crippen LogP contribution in [0.4, 0.5) is 4.39 Å². The quantitative estimate of drug-likeness (QED) is 0.816. The van der Waals surface area contributed by atoms with Gasteiger partial charge in [-0.25, -0.2) is 4.98 Å². The van der Waals surface area contributed by atoms with Crippen molar-refractivity contribution in [3.63, 3.8) is 0 Å². The van der Waals surface area contributed by atoms with Gasteiger partial charge in [0.2, 0.25) is 5.95 Å². The molecular weight excluding hydrogens is 305 g/mol. The van der Waals surface area contributed by atoms with Gasteiger partial charge in [0.05, 0.1) is 19.3 Å². The maximum Gasteiger partial charge on any atom is 0.275 e. The number of nitrogens with zero attached hydrogens (tertiary/aromatic N) is 2. The smallest absolute Gasteiger partial charge is 0.275 e. The van der Waals surface area contributed by atoms with E-state index in [0.29, 0.717) is 5.65 Å². The van der Waals surface area contributed by atoms with Crippen molar-refractivity contribution in [1.29, 1.82) is 0 Å². The standard InChI is InChI=1S/C15H16FN3O4/c1-7-2-3-19-10(4-7)18-11(14(19)16)15(21)17-8-5-22-13-9(20)6-23-12(8)13/h2-4,8-9,12-13,20H,5-6H2,1H3,(H,17,21)/t8-,9-,12-,13-/m1/s1. The van der Waals surface area contributed by atoms with Gasteiger partial charge in [-0.2, -0.15) is 4.39 Å². The molecule has 0 bridgehead atoms. The number of amides is 1. The third kappa shape index (κ3) is 2.30. The molecule has 2 aliphatic rings. The van der Waals surface area contributed by atoms with Crippen molar-refractivity contribution < 1.29 is 23.8 Å². The molecule has 23 heavy (non-hydrogen) atoms. The van der Waals surface area contributed by atoms with Crippen molar-refractivity contribution in [2.45, 2.75) is 31.3 Å². The molecule has 0 radical (unpaired) electrons. The Kier molecular flexibility index (Phi) is 3.33. The number of nitrogens with one attached hydrogen (secondary N) is 1. The molecule has 7 nitrogen and oxygen atoms in total. The highest BCUT2D eigenvalue weighted by Gasteiger charge is 2.47. The van der Waals surface area contributed by atoms with Gasteiger partial charge in [0.1, 0.15) is 24.0 Å². The van der Waals surface area contributed by atoms with Crippen LogP contribution in [-0.2, 0) is 9.47 Å². The molecule has 4 heterocycles. The Morgan fingerprint density at radius 2 is 2.22 bits per heavy atom. The molecule has 2 aromatic rings. The van der Waals surface area contributed by atoms with Crippen LogP contribution in [0.25, 0.3) is 5.65 Å². The third-order valence-corrected chi connectivity index (χ3v) is 4.28. The van der Waals surface area contributed by atoms with E-state index in [1.165, 1.54) is 10.6 Å². The summed E-state index contributed by atoms with van der Waals surface area (Å²) in [6.07, 6.45) is -0.0310. The second-order valence-corrected chi connectivity index (χ2v) is 5.93. The first-order valence-corrected chi connectivity index (χ1v) is 7.41. The van der Waals surface area contributed by atoms with Crippen LogP contribution in [0, 0.1) is 12.9 Å². The fraction of sp³-hybridized carbons (Fsp3) is 0.467. The second kappa shape index (κ2) is 5.26. The number of carbonyl (C=O) groups excluding carboxylic acids is 1. The lowest BCUT2D eigenvalue weighted by Gasteiger charge is -2.16. The highest BCUT2D eigenvalue weighted by molar-refractivity contribution is 5.93. The molecule has 122 valence electrons. The van der Waals surface area contributed by atoms with E-state index >= 15 is 0 Å². The summed E-state index contributed by atoms with van der Waals surface area (Å²) >= 11 is 0. The lowest BCUT2D eigenvalue weighted by Crippen LogP contribution is -2.44. The molecule has 1 amide bonds. The molecule has 0 aromatic carbocycles. The Labute approximate surface area is 131 Å². The Hall–Kier alpha value is -2.03. The van der Waals surface area contributed by atoms with Crippen molar-refractivity contribution in [3.8, 4) is 0 Å². The number of halogens is 1. The van der Waals surface area contributed by atoms with E-state index < -0.39 is 36.2 Å². The van der Waals surface area contributed by atoms with Gasteiger partial charge in [-0.15, -0.1) is 0 Å². The van der Waals surface area contributed by atoms with Gasteiger partial charge >= 0.3 is 0 Å². The molecule has 2 saturated heterocycles. The topological polar surface area (TPSA) is 85.1 Å². The number of aliphatic hydroxyl groups excluding tert-OH is 1. The first kappa shape index (κ1) is 14.6. The summed E-state index contributed by atoms with van der Waals surface area (Å²) in [6, 6.07) is 3.00. The van der Waals surface area contributed by atoms with Gasteiger partial charge in [-0.05, 0) is 24.6 Å².